The second kappa shape index (κ2) is 7.50. The van der Waals surface area contributed by atoms with Crippen LogP contribution in [0, 0.1) is 10.1 Å². The van der Waals surface area contributed by atoms with Crippen LogP contribution in [0.25, 0.3) is 0 Å². The summed E-state index contributed by atoms with van der Waals surface area (Å²) in [5, 5.41) is 21.2. The van der Waals surface area contributed by atoms with E-state index in [1.807, 2.05) is 24.3 Å². The number of para-hydroxylation sites is 2. The van der Waals surface area contributed by atoms with Crippen LogP contribution >= 0.6 is 11.6 Å². The number of nitrogens with zero attached hydrogens (tertiary/aromatic N) is 3. The van der Waals surface area contributed by atoms with Gasteiger partial charge in [-0.15, -0.1) is 0 Å². The van der Waals surface area contributed by atoms with E-state index in [4.69, 9.17) is 16.3 Å². The van der Waals surface area contributed by atoms with Gasteiger partial charge in [-0.1, -0.05) is 23.7 Å². The first-order valence-corrected chi connectivity index (χ1v) is 8.07. The first-order chi connectivity index (χ1) is 12.1. The standard InChI is InChI=1S/C17H16ClN3O4/c18-13-9-12(17(22)16(10-13)21(23)24)11-19-14-3-1-2-4-15(14)20-5-7-25-8-6-20/h1-4,9-11,22H,5-8H2. The van der Waals surface area contributed by atoms with Crippen LogP contribution in [0.4, 0.5) is 17.1 Å². The number of ether oxygens (including phenoxy) is 1. The molecule has 1 aliphatic heterocycles. The molecule has 7 nitrogen and oxygen atoms in total. The maximum Gasteiger partial charge on any atom is 0.312 e. The van der Waals surface area contributed by atoms with Gasteiger partial charge in [0.05, 0.1) is 29.5 Å². The molecule has 130 valence electrons. The highest BCUT2D eigenvalue weighted by atomic mass is 35.5. The third-order valence-corrected chi connectivity index (χ3v) is 4.08. The molecular formula is C17H16ClN3O4. The van der Waals surface area contributed by atoms with Crippen molar-refractivity contribution in [1.82, 2.24) is 0 Å². The largest absolute Gasteiger partial charge is 0.502 e. The lowest BCUT2D eigenvalue weighted by molar-refractivity contribution is -0.385. The summed E-state index contributed by atoms with van der Waals surface area (Å²) in [6.45, 7) is 2.83. The number of morpholine rings is 1. The lowest BCUT2D eigenvalue weighted by Gasteiger charge is -2.29. The first-order valence-electron chi connectivity index (χ1n) is 7.69. The van der Waals surface area contributed by atoms with E-state index in [1.165, 1.54) is 12.3 Å². The van der Waals surface area contributed by atoms with Gasteiger partial charge in [0.25, 0.3) is 0 Å². The maximum atomic E-state index is 11.0. The van der Waals surface area contributed by atoms with Crippen molar-refractivity contribution in [3.63, 3.8) is 0 Å². The second-order valence-corrected chi connectivity index (χ2v) is 5.90. The van der Waals surface area contributed by atoms with Gasteiger partial charge in [-0.05, 0) is 18.2 Å². The molecule has 1 fully saturated rings. The molecule has 8 heteroatoms. The molecule has 1 N–H and O–H groups in total. The predicted molar refractivity (Wildman–Crippen MR) is 96.5 cm³/mol. The molecule has 3 rings (SSSR count). The molecule has 0 amide bonds. The summed E-state index contributed by atoms with van der Waals surface area (Å²) in [5.74, 6) is -0.456. The predicted octanol–water partition coefficient (Wildman–Crippen LogP) is 3.54. The van der Waals surface area contributed by atoms with E-state index in [-0.39, 0.29) is 10.6 Å². The minimum atomic E-state index is -0.680. The van der Waals surface area contributed by atoms with Crippen LogP contribution in [0.5, 0.6) is 5.75 Å². The van der Waals surface area contributed by atoms with E-state index < -0.39 is 16.4 Å². The van der Waals surface area contributed by atoms with Crippen LogP contribution in [-0.2, 0) is 4.74 Å². The quantitative estimate of drug-likeness (QED) is 0.511. The molecule has 0 aliphatic carbocycles. The Balaban J connectivity index is 1.94. The van der Waals surface area contributed by atoms with Crippen molar-refractivity contribution < 1.29 is 14.8 Å². The molecular weight excluding hydrogens is 346 g/mol. The van der Waals surface area contributed by atoms with E-state index in [1.54, 1.807) is 0 Å². The Labute approximate surface area is 149 Å². The zero-order chi connectivity index (χ0) is 17.8. The van der Waals surface area contributed by atoms with Gasteiger partial charge in [-0.2, -0.15) is 0 Å². The van der Waals surface area contributed by atoms with E-state index in [0.717, 1.165) is 24.8 Å². The molecule has 0 unspecified atom stereocenters. The number of nitro benzene ring substituents is 1. The number of benzene rings is 2. The van der Waals surface area contributed by atoms with Crippen molar-refractivity contribution in [3.8, 4) is 5.75 Å². The van der Waals surface area contributed by atoms with Gasteiger partial charge in [-0.3, -0.25) is 15.1 Å². The van der Waals surface area contributed by atoms with Crippen LogP contribution in [0.3, 0.4) is 0 Å². The van der Waals surface area contributed by atoms with Crippen LogP contribution in [-0.4, -0.2) is 42.5 Å². The number of aromatic hydroxyl groups is 1. The Hall–Kier alpha value is -2.64. The van der Waals surface area contributed by atoms with E-state index in [0.29, 0.717) is 18.9 Å². The van der Waals surface area contributed by atoms with Crippen LogP contribution in [0.1, 0.15) is 5.56 Å². The number of anilines is 1. The van der Waals surface area contributed by atoms with Crippen LogP contribution in [0.2, 0.25) is 5.02 Å². The minimum absolute atomic E-state index is 0.160. The van der Waals surface area contributed by atoms with Crippen molar-refractivity contribution in [2.45, 2.75) is 0 Å². The Morgan fingerprint density at radius 1 is 1.28 bits per heavy atom. The molecule has 0 bridgehead atoms. The smallest absolute Gasteiger partial charge is 0.312 e. The number of rotatable bonds is 4. The molecule has 0 spiro atoms. The van der Waals surface area contributed by atoms with Gasteiger partial charge < -0.3 is 14.7 Å². The third-order valence-electron chi connectivity index (χ3n) is 3.86. The molecule has 0 saturated carbocycles. The fraction of sp³-hybridized carbons (Fsp3) is 0.235. The molecule has 0 radical (unpaired) electrons. The van der Waals surface area contributed by atoms with Crippen molar-refractivity contribution in [2.24, 2.45) is 4.99 Å². The van der Waals surface area contributed by atoms with Crippen molar-refractivity contribution >= 4 is 34.9 Å². The van der Waals surface area contributed by atoms with Crippen molar-refractivity contribution in [1.29, 1.82) is 0 Å². The number of hydrogen-bond acceptors (Lipinski definition) is 6. The summed E-state index contributed by atoms with van der Waals surface area (Å²) in [5.41, 5.74) is 1.39. The molecule has 1 saturated heterocycles. The number of halogens is 1. The van der Waals surface area contributed by atoms with Crippen LogP contribution < -0.4 is 4.90 Å². The van der Waals surface area contributed by atoms with E-state index in [2.05, 4.69) is 9.89 Å². The zero-order valence-corrected chi connectivity index (χ0v) is 14.0. The minimum Gasteiger partial charge on any atom is -0.502 e. The van der Waals surface area contributed by atoms with Gasteiger partial charge in [-0.25, -0.2) is 0 Å². The molecule has 0 aromatic heterocycles. The Kier molecular flexibility index (Phi) is 5.16. The van der Waals surface area contributed by atoms with Gasteiger partial charge in [0.15, 0.2) is 0 Å². The number of phenols is 1. The molecule has 2 aromatic carbocycles. The highest BCUT2D eigenvalue weighted by Gasteiger charge is 2.18. The Morgan fingerprint density at radius 2 is 2.00 bits per heavy atom. The second-order valence-electron chi connectivity index (χ2n) is 5.47. The van der Waals surface area contributed by atoms with Gasteiger partial charge in [0.2, 0.25) is 5.75 Å². The lowest BCUT2D eigenvalue weighted by atomic mass is 10.2. The summed E-state index contributed by atoms with van der Waals surface area (Å²) in [4.78, 5) is 16.9. The molecule has 25 heavy (non-hydrogen) atoms. The maximum absolute atomic E-state index is 11.0. The fourth-order valence-electron chi connectivity index (χ4n) is 2.63. The summed E-state index contributed by atoms with van der Waals surface area (Å²) in [7, 11) is 0. The molecule has 1 heterocycles. The topological polar surface area (TPSA) is 88.2 Å². The SMILES string of the molecule is O=[N+]([O-])c1cc(Cl)cc(C=Nc2ccccc2N2CCOCC2)c1O. The van der Waals surface area contributed by atoms with Gasteiger partial charge in [0, 0.05) is 36.0 Å². The number of aliphatic imine (C=N–C) groups is 1. The average molecular weight is 362 g/mol. The van der Waals surface area contributed by atoms with E-state index in [9.17, 15) is 15.2 Å². The first kappa shape index (κ1) is 17.2. The summed E-state index contributed by atoms with van der Waals surface area (Å²) >= 11 is 5.90. The Morgan fingerprint density at radius 3 is 2.72 bits per heavy atom. The van der Waals surface area contributed by atoms with Gasteiger partial charge >= 0.3 is 5.69 Å². The number of hydrogen-bond donors (Lipinski definition) is 1. The van der Waals surface area contributed by atoms with Gasteiger partial charge in [0.1, 0.15) is 0 Å². The summed E-state index contributed by atoms with van der Waals surface area (Å²) in [6.07, 6.45) is 1.38. The fourth-order valence-corrected chi connectivity index (χ4v) is 2.85. The molecule has 2 aromatic rings. The Bertz CT molecular complexity index is 820. The third kappa shape index (κ3) is 3.89. The van der Waals surface area contributed by atoms with E-state index >= 15 is 0 Å². The monoisotopic (exact) mass is 361 g/mol. The number of phenolic OH excluding ortho intramolecular Hbond substituents is 1. The highest BCUT2D eigenvalue weighted by molar-refractivity contribution is 6.31. The van der Waals surface area contributed by atoms with Crippen LogP contribution in [0.15, 0.2) is 41.4 Å². The van der Waals surface area contributed by atoms with Crippen molar-refractivity contribution in [2.75, 3.05) is 31.2 Å². The molecule has 0 atom stereocenters. The summed E-state index contributed by atoms with van der Waals surface area (Å²) < 4.78 is 5.36. The lowest BCUT2D eigenvalue weighted by Crippen LogP contribution is -2.36. The summed E-state index contributed by atoms with van der Waals surface area (Å²) in [6, 6.07) is 10.1. The normalized spacial score (nSPS) is 14.8. The average Bonchev–Trinajstić information content (AvgIpc) is 2.63. The van der Waals surface area contributed by atoms with Crippen molar-refractivity contribution in [3.05, 3.63) is 57.1 Å². The molecule has 1 aliphatic rings. The number of nitro groups is 1. The zero-order valence-electron chi connectivity index (χ0n) is 13.3. The highest BCUT2D eigenvalue weighted by Crippen LogP contribution is 2.34.